The molecule has 1 atom stereocenters. The average Bonchev–Trinajstić information content (AvgIpc) is 3.37. The number of rotatable bonds is 4. The second kappa shape index (κ2) is 7.13. The second-order valence-electron chi connectivity index (χ2n) is 6.82. The standard InChI is InChI=1S/C21H18N2O4S2/c1-10-6-7-14(24)13(9-10)23-17(15-5-4-8-28-15)16(19(26)21(23)27)18(25)20-11(2)22-12(3)29-20/h4-9,17,24,26H,1-3H3. The zero-order chi connectivity index (χ0) is 20.9. The van der Waals surface area contributed by atoms with Crippen molar-refractivity contribution in [3.8, 4) is 5.75 Å². The largest absolute Gasteiger partial charge is 0.506 e. The number of aromatic hydroxyl groups is 1. The van der Waals surface area contributed by atoms with E-state index in [1.54, 1.807) is 32.0 Å². The number of thiophene rings is 1. The lowest BCUT2D eigenvalue weighted by Crippen LogP contribution is -2.30. The molecule has 8 heteroatoms. The lowest BCUT2D eigenvalue weighted by molar-refractivity contribution is -0.117. The van der Waals surface area contributed by atoms with Crippen LogP contribution in [0.3, 0.4) is 0 Å². The Labute approximate surface area is 175 Å². The van der Waals surface area contributed by atoms with Crippen LogP contribution in [-0.4, -0.2) is 26.9 Å². The van der Waals surface area contributed by atoms with E-state index in [-0.39, 0.29) is 17.0 Å². The van der Waals surface area contributed by atoms with Crippen LogP contribution in [0.25, 0.3) is 0 Å². The summed E-state index contributed by atoms with van der Waals surface area (Å²) in [5, 5.41) is 23.7. The third kappa shape index (κ3) is 3.14. The molecular weight excluding hydrogens is 408 g/mol. The van der Waals surface area contributed by atoms with Crippen LogP contribution >= 0.6 is 22.7 Å². The van der Waals surface area contributed by atoms with Crippen LogP contribution < -0.4 is 4.90 Å². The number of aliphatic hydroxyl groups excluding tert-OH is 1. The number of hydrogen-bond donors (Lipinski definition) is 2. The van der Waals surface area contributed by atoms with Gasteiger partial charge in [0, 0.05) is 4.88 Å². The second-order valence-corrected chi connectivity index (χ2v) is 9.01. The van der Waals surface area contributed by atoms with Crippen molar-refractivity contribution >= 4 is 40.1 Å². The van der Waals surface area contributed by atoms with E-state index in [9.17, 15) is 19.8 Å². The fourth-order valence-electron chi connectivity index (χ4n) is 3.49. The molecule has 0 fully saturated rings. The molecule has 3 aromatic rings. The monoisotopic (exact) mass is 426 g/mol. The number of carbonyl (C=O) groups is 2. The highest BCUT2D eigenvalue weighted by Crippen LogP contribution is 2.46. The van der Waals surface area contributed by atoms with Crippen LogP contribution in [0.5, 0.6) is 5.75 Å². The Kier molecular flexibility index (Phi) is 4.76. The fraction of sp³-hybridized carbons (Fsp3) is 0.190. The van der Waals surface area contributed by atoms with Gasteiger partial charge in [0.2, 0.25) is 5.78 Å². The molecule has 0 saturated heterocycles. The van der Waals surface area contributed by atoms with Gasteiger partial charge in [-0.1, -0.05) is 12.1 Å². The first kappa shape index (κ1) is 19.4. The SMILES string of the molecule is Cc1ccc(O)c(N2C(=O)C(O)=C(C(=O)c3sc(C)nc3C)C2c2cccs2)c1. The first-order valence-corrected chi connectivity index (χ1v) is 10.6. The summed E-state index contributed by atoms with van der Waals surface area (Å²) in [4.78, 5) is 33.1. The smallest absolute Gasteiger partial charge is 0.294 e. The van der Waals surface area contributed by atoms with E-state index in [0.29, 0.717) is 15.4 Å². The van der Waals surface area contributed by atoms with Crippen LogP contribution in [0.15, 0.2) is 47.0 Å². The van der Waals surface area contributed by atoms with E-state index in [2.05, 4.69) is 4.98 Å². The van der Waals surface area contributed by atoms with E-state index in [1.165, 1.54) is 33.6 Å². The first-order valence-electron chi connectivity index (χ1n) is 8.88. The zero-order valence-corrected chi connectivity index (χ0v) is 17.6. The minimum Gasteiger partial charge on any atom is -0.506 e. The van der Waals surface area contributed by atoms with Gasteiger partial charge in [0.25, 0.3) is 5.91 Å². The van der Waals surface area contributed by atoms with Crippen molar-refractivity contribution in [3.63, 3.8) is 0 Å². The Hall–Kier alpha value is -2.97. The van der Waals surface area contributed by atoms with E-state index >= 15 is 0 Å². The van der Waals surface area contributed by atoms with Crippen LogP contribution in [0, 0.1) is 20.8 Å². The number of carbonyl (C=O) groups excluding carboxylic acids is 2. The van der Waals surface area contributed by atoms with Crippen LogP contribution in [0.1, 0.15) is 36.9 Å². The number of Topliss-reactive ketones (excluding diaryl/α,β-unsaturated/α-hetero) is 1. The number of thiazole rings is 1. The van der Waals surface area contributed by atoms with Gasteiger partial charge in [-0.05, 0) is 49.9 Å². The maximum Gasteiger partial charge on any atom is 0.294 e. The number of ketones is 1. The molecule has 29 heavy (non-hydrogen) atoms. The molecule has 4 rings (SSSR count). The fourth-order valence-corrected chi connectivity index (χ4v) is 5.19. The van der Waals surface area contributed by atoms with Gasteiger partial charge in [-0.2, -0.15) is 0 Å². The summed E-state index contributed by atoms with van der Waals surface area (Å²) in [6.07, 6.45) is 0. The molecule has 0 radical (unpaired) electrons. The van der Waals surface area contributed by atoms with Crippen molar-refractivity contribution in [2.45, 2.75) is 26.8 Å². The molecule has 0 aliphatic carbocycles. The highest BCUT2D eigenvalue weighted by atomic mass is 32.1. The third-order valence-electron chi connectivity index (χ3n) is 4.77. The number of benzene rings is 1. The number of anilines is 1. The Morgan fingerprint density at radius 2 is 1.93 bits per heavy atom. The lowest BCUT2D eigenvalue weighted by atomic mass is 10.00. The molecule has 3 heterocycles. The molecule has 0 saturated carbocycles. The van der Waals surface area contributed by atoms with Crippen molar-refractivity contribution in [2.24, 2.45) is 0 Å². The number of aromatic nitrogens is 1. The summed E-state index contributed by atoms with van der Waals surface area (Å²) < 4.78 is 0. The van der Waals surface area contributed by atoms with E-state index in [0.717, 1.165) is 10.6 Å². The molecule has 2 aromatic heterocycles. The molecule has 6 nitrogen and oxygen atoms in total. The molecule has 1 unspecified atom stereocenters. The number of phenolic OH excluding ortho intramolecular Hbond substituents is 1. The Morgan fingerprint density at radius 1 is 1.17 bits per heavy atom. The normalized spacial score (nSPS) is 16.7. The summed E-state index contributed by atoms with van der Waals surface area (Å²) in [5.74, 6) is -1.84. The Morgan fingerprint density at radius 3 is 2.55 bits per heavy atom. The van der Waals surface area contributed by atoms with Crippen LogP contribution in [0.2, 0.25) is 0 Å². The number of amides is 1. The van der Waals surface area contributed by atoms with Crippen molar-refractivity contribution in [2.75, 3.05) is 4.90 Å². The molecule has 1 amide bonds. The molecule has 0 spiro atoms. The predicted octanol–water partition coefficient (Wildman–Crippen LogP) is 4.62. The van der Waals surface area contributed by atoms with E-state index < -0.39 is 23.5 Å². The summed E-state index contributed by atoms with van der Waals surface area (Å²) in [7, 11) is 0. The average molecular weight is 427 g/mol. The predicted molar refractivity (Wildman–Crippen MR) is 113 cm³/mol. The Bertz CT molecular complexity index is 1160. The van der Waals surface area contributed by atoms with Gasteiger partial charge in [0.05, 0.1) is 26.8 Å². The molecule has 148 valence electrons. The maximum atomic E-state index is 13.4. The number of nitrogens with zero attached hydrogens (tertiary/aromatic N) is 2. The molecule has 1 aliphatic heterocycles. The molecule has 1 aliphatic rings. The third-order valence-corrected chi connectivity index (χ3v) is 6.76. The van der Waals surface area contributed by atoms with Gasteiger partial charge in [-0.25, -0.2) is 4.98 Å². The van der Waals surface area contributed by atoms with Gasteiger partial charge in [-0.3, -0.25) is 14.5 Å². The minimum absolute atomic E-state index is 0.00473. The highest BCUT2D eigenvalue weighted by Gasteiger charge is 2.46. The van der Waals surface area contributed by atoms with Gasteiger partial charge in [-0.15, -0.1) is 22.7 Å². The molecular formula is C21H18N2O4S2. The van der Waals surface area contributed by atoms with Crippen molar-refractivity contribution in [3.05, 3.63) is 73.1 Å². The maximum absolute atomic E-state index is 13.4. The minimum atomic E-state index is -0.829. The molecule has 2 N–H and O–H groups in total. The van der Waals surface area contributed by atoms with E-state index in [4.69, 9.17) is 0 Å². The quantitative estimate of drug-likeness (QED) is 0.594. The van der Waals surface area contributed by atoms with Crippen LogP contribution in [0.4, 0.5) is 5.69 Å². The van der Waals surface area contributed by atoms with Gasteiger partial charge >= 0.3 is 0 Å². The number of hydrogen-bond acceptors (Lipinski definition) is 7. The van der Waals surface area contributed by atoms with Gasteiger partial charge < -0.3 is 10.2 Å². The number of aryl methyl sites for hydroxylation is 3. The summed E-state index contributed by atoms with van der Waals surface area (Å²) in [6.45, 7) is 5.37. The summed E-state index contributed by atoms with van der Waals surface area (Å²) >= 11 is 2.61. The Balaban J connectivity index is 1.90. The number of phenols is 1. The van der Waals surface area contributed by atoms with Gasteiger partial charge in [0.1, 0.15) is 11.8 Å². The molecule has 0 bridgehead atoms. The summed E-state index contributed by atoms with van der Waals surface area (Å²) in [5.41, 5.74) is 1.65. The topological polar surface area (TPSA) is 90.7 Å². The van der Waals surface area contributed by atoms with Crippen molar-refractivity contribution < 1.29 is 19.8 Å². The van der Waals surface area contributed by atoms with Crippen molar-refractivity contribution in [1.82, 2.24) is 4.98 Å². The van der Waals surface area contributed by atoms with Crippen molar-refractivity contribution in [1.29, 1.82) is 0 Å². The first-order chi connectivity index (χ1) is 13.8. The van der Waals surface area contributed by atoms with E-state index in [1.807, 2.05) is 18.4 Å². The number of aliphatic hydroxyl groups is 1. The van der Waals surface area contributed by atoms with Gasteiger partial charge in [0.15, 0.2) is 5.76 Å². The zero-order valence-electron chi connectivity index (χ0n) is 16.0. The highest BCUT2D eigenvalue weighted by molar-refractivity contribution is 7.14. The summed E-state index contributed by atoms with van der Waals surface area (Å²) in [6, 6.07) is 7.68. The molecule has 1 aromatic carbocycles. The lowest BCUT2D eigenvalue weighted by Gasteiger charge is -2.26. The van der Waals surface area contributed by atoms with Crippen LogP contribution in [-0.2, 0) is 4.79 Å².